The highest BCUT2D eigenvalue weighted by Gasteiger charge is 2.08. The van der Waals surface area contributed by atoms with E-state index in [4.69, 9.17) is 10.5 Å². The zero-order valence-corrected chi connectivity index (χ0v) is 16.9. The molecule has 4 rings (SSSR count). The molecule has 2 aromatic carbocycles. The van der Waals surface area contributed by atoms with E-state index in [1.807, 2.05) is 48.5 Å². The summed E-state index contributed by atoms with van der Waals surface area (Å²) in [6.45, 7) is 0.148. The lowest BCUT2D eigenvalue weighted by atomic mass is 10.0. The first-order valence-electron chi connectivity index (χ1n) is 9.69. The summed E-state index contributed by atoms with van der Waals surface area (Å²) in [5.74, 6) is 1.10. The van der Waals surface area contributed by atoms with Gasteiger partial charge >= 0.3 is 0 Å². The Labute approximate surface area is 179 Å². The van der Waals surface area contributed by atoms with Crippen molar-refractivity contribution in [2.24, 2.45) is 10.7 Å². The van der Waals surface area contributed by atoms with E-state index in [9.17, 15) is 4.79 Å². The van der Waals surface area contributed by atoms with Crippen molar-refractivity contribution in [1.82, 2.24) is 15.0 Å². The van der Waals surface area contributed by atoms with Crippen molar-refractivity contribution >= 4 is 28.4 Å². The molecule has 0 amide bonds. The number of hydrogen-bond acceptors (Lipinski definition) is 6. The average Bonchev–Trinajstić information content (AvgIpc) is 2.82. The van der Waals surface area contributed by atoms with Gasteiger partial charge in [0.1, 0.15) is 18.2 Å². The first kappa shape index (κ1) is 20.0. The third kappa shape index (κ3) is 4.51. The Morgan fingerprint density at radius 1 is 1.06 bits per heavy atom. The molecule has 0 saturated heterocycles. The molecule has 0 saturated carbocycles. The van der Waals surface area contributed by atoms with Gasteiger partial charge in [-0.2, -0.15) is 0 Å². The lowest BCUT2D eigenvalue weighted by Crippen LogP contribution is -2.13. The molecule has 0 bridgehead atoms. The normalized spacial score (nSPS) is 12.2. The van der Waals surface area contributed by atoms with Crippen molar-refractivity contribution in [3.8, 4) is 5.75 Å². The summed E-state index contributed by atoms with van der Waals surface area (Å²) < 4.78 is 5.80. The number of aliphatic imine (C=N–C) groups is 1. The molecule has 7 nitrogen and oxygen atoms in total. The number of H-pyrrole nitrogens is 1. The highest BCUT2D eigenvalue weighted by Crippen LogP contribution is 2.23. The van der Waals surface area contributed by atoms with Gasteiger partial charge in [-0.25, -0.2) is 4.98 Å². The van der Waals surface area contributed by atoms with E-state index in [2.05, 4.69) is 19.9 Å². The van der Waals surface area contributed by atoms with Gasteiger partial charge in [-0.05, 0) is 59.7 Å². The van der Waals surface area contributed by atoms with E-state index >= 15 is 0 Å². The third-order valence-electron chi connectivity index (χ3n) is 4.74. The molecule has 0 aliphatic carbocycles. The van der Waals surface area contributed by atoms with Crippen LogP contribution in [0.5, 0.6) is 5.75 Å². The van der Waals surface area contributed by atoms with E-state index < -0.39 is 0 Å². The summed E-state index contributed by atoms with van der Waals surface area (Å²) in [6.07, 6.45) is 5.17. The SMILES string of the molecule is CN=C/C(=C(\N)c1ccc(OCc2nc3ccccc3c(=O)[nH]2)cc1)c1ccncc1. The van der Waals surface area contributed by atoms with E-state index in [1.165, 1.54) is 0 Å². The number of para-hydroxylation sites is 1. The molecular weight excluding hydrogens is 390 g/mol. The van der Waals surface area contributed by atoms with Crippen LogP contribution in [0.3, 0.4) is 0 Å². The minimum atomic E-state index is -0.182. The Kier molecular flexibility index (Phi) is 5.84. The van der Waals surface area contributed by atoms with Crippen LogP contribution in [0.1, 0.15) is 17.0 Å². The third-order valence-corrected chi connectivity index (χ3v) is 4.74. The number of hydrogen-bond donors (Lipinski definition) is 2. The fourth-order valence-corrected chi connectivity index (χ4v) is 3.20. The van der Waals surface area contributed by atoms with Gasteiger partial charge in [0.15, 0.2) is 0 Å². The fraction of sp³-hybridized carbons (Fsp3) is 0.0833. The summed E-state index contributed by atoms with van der Waals surface area (Å²) in [6, 6.07) is 18.4. The second-order valence-electron chi connectivity index (χ2n) is 6.79. The number of pyridine rings is 1. The molecule has 4 aromatic rings. The van der Waals surface area contributed by atoms with E-state index in [1.54, 1.807) is 37.8 Å². The van der Waals surface area contributed by atoms with Crippen molar-refractivity contribution in [1.29, 1.82) is 0 Å². The molecule has 0 spiro atoms. The molecule has 0 aliphatic rings. The molecule has 0 radical (unpaired) electrons. The number of aromatic amines is 1. The molecule has 31 heavy (non-hydrogen) atoms. The van der Waals surface area contributed by atoms with Crippen LogP contribution in [0.15, 0.2) is 82.8 Å². The Morgan fingerprint density at radius 3 is 2.55 bits per heavy atom. The molecule has 0 unspecified atom stereocenters. The van der Waals surface area contributed by atoms with Crippen LogP contribution >= 0.6 is 0 Å². The molecular formula is C24H21N5O2. The van der Waals surface area contributed by atoms with Gasteiger partial charge in [-0.1, -0.05) is 12.1 Å². The standard InChI is InChI=1S/C24H21N5O2/c1-26-14-20(16-10-12-27-13-11-16)23(25)17-6-8-18(9-7-17)31-15-22-28-21-5-3-2-4-19(21)24(30)29-22/h2-14H,15,25H2,1H3,(H,28,29,30)/b23-20+,26-14?. The van der Waals surface area contributed by atoms with Crippen LogP contribution in [0.25, 0.3) is 22.2 Å². The molecule has 154 valence electrons. The van der Waals surface area contributed by atoms with E-state index in [0.717, 1.165) is 16.7 Å². The van der Waals surface area contributed by atoms with Crippen LogP contribution in [-0.4, -0.2) is 28.2 Å². The van der Waals surface area contributed by atoms with Crippen molar-refractivity contribution in [3.63, 3.8) is 0 Å². The van der Waals surface area contributed by atoms with E-state index in [-0.39, 0.29) is 12.2 Å². The maximum absolute atomic E-state index is 12.2. The summed E-state index contributed by atoms with van der Waals surface area (Å²) in [7, 11) is 1.70. The monoisotopic (exact) mass is 411 g/mol. The maximum Gasteiger partial charge on any atom is 0.258 e. The first-order valence-corrected chi connectivity index (χ1v) is 9.69. The topological polar surface area (TPSA) is 106 Å². The fourth-order valence-electron chi connectivity index (χ4n) is 3.20. The number of aromatic nitrogens is 3. The number of allylic oxidation sites excluding steroid dienone is 1. The number of fused-ring (bicyclic) bond motifs is 1. The second-order valence-corrected chi connectivity index (χ2v) is 6.79. The largest absolute Gasteiger partial charge is 0.486 e. The minimum Gasteiger partial charge on any atom is -0.486 e. The zero-order valence-electron chi connectivity index (χ0n) is 16.9. The smallest absolute Gasteiger partial charge is 0.258 e. The number of ether oxygens (including phenoxy) is 1. The van der Waals surface area contributed by atoms with Gasteiger partial charge in [-0.3, -0.25) is 14.8 Å². The molecule has 3 N–H and O–H groups in total. The lowest BCUT2D eigenvalue weighted by Gasteiger charge is -2.10. The maximum atomic E-state index is 12.2. The van der Waals surface area contributed by atoms with Crippen molar-refractivity contribution in [2.75, 3.05) is 7.05 Å². The zero-order chi connectivity index (χ0) is 21.6. The number of nitrogens with one attached hydrogen (secondary N) is 1. The molecule has 0 atom stereocenters. The summed E-state index contributed by atoms with van der Waals surface area (Å²) in [5.41, 5.74) is 10.1. The summed E-state index contributed by atoms with van der Waals surface area (Å²) in [5, 5.41) is 0.554. The lowest BCUT2D eigenvalue weighted by molar-refractivity contribution is 0.296. The Hall–Kier alpha value is -4.26. The van der Waals surface area contributed by atoms with E-state index in [0.29, 0.717) is 28.2 Å². The van der Waals surface area contributed by atoms with Crippen molar-refractivity contribution in [2.45, 2.75) is 6.61 Å². The molecule has 2 heterocycles. The number of nitrogens with two attached hydrogens (primary N) is 1. The van der Waals surface area contributed by atoms with Gasteiger partial charge in [-0.15, -0.1) is 0 Å². The van der Waals surface area contributed by atoms with Crippen molar-refractivity contribution < 1.29 is 4.74 Å². The van der Waals surface area contributed by atoms with Crippen molar-refractivity contribution in [3.05, 3.63) is 100 Å². The highest BCUT2D eigenvalue weighted by molar-refractivity contribution is 6.18. The van der Waals surface area contributed by atoms with Crippen LogP contribution in [0.2, 0.25) is 0 Å². The summed E-state index contributed by atoms with van der Waals surface area (Å²) >= 11 is 0. The van der Waals surface area contributed by atoms with Crippen LogP contribution < -0.4 is 16.0 Å². The highest BCUT2D eigenvalue weighted by atomic mass is 16.5. The Balaban J connectivity index is 1.54. The minimum absolute atomic E-state index is 0.148. The van der Waals surface area contributed by atoms with Gasteiger partial charge < -0.3 is 15.5 Å². The Bertz CT molecular complexity index is 1310. The van der Waals surface area contributed by atoms with Crippen LogP contribution in [0.4, 0.5) is 0 Å². The van der Waals surface area contributed by atoms with Gasteiger partial charge in [0.25, 0.3) is 5.56 Å². The van der Waals surface area contributed by atoms with Crippen LogP contribution in [-0.2, 0) is 6.61 Å². The first-order chi connectivity index (χ1) is 15.2. The second kappa shape index (κ2) is 9.04. The number of benzene rings is 2. The molecule has 0 aliphatic heterocycles. The average molecular weight is 411 g/mol. The van der Waals surface area contributed by atoms with Crippen LogP contribution in [0, 0.1) is 0 Å². The number of rotatable bonds is 6. The quantitative estimate of drug-likeness (QED) is 0.473. The molecule has 2 aromatic heterocycles. The number of nitrogens with zero attached hydrogens (tertiary/aromatic N) is 3. The predicted octanol–water partition coefficient (Wildman–Crippen LogP) is 3.42. The van der Waals surface area contributed by atoms with Gasteiger partial charge in [0, 0.05) is 36.9 Å². The molecule has 0 fully saturated rings. The van der Waals surface area contributed by atoms with Gasteiger partial charge in [0.05, 0.1) is 10.9 Å². The van der Waals surface area contributed by atoms with Gasteiger partial charge in [0.2, 0.25) is 0 Å². The predicted molar refractivity (Wildman–Crippen MR) is 123 cm³/mol. The summed E-state index contributed by atoms with van der Waals surface area (Å²) in [4.78, 5) is 27.6. The Morgan fingerprint density at radius 2 is 1.81 bits per heavy atom. The molecule has 7 heteroatoms.